The Morgan fingerprint density at radius 3 is 2.79 bits per heavy atom. The van der Waals surface area contributed by atoms with Crippen LogP contribution in [-0.4, -0.2) is 29.3 Å². The van der Waals surface area contributed by atoms with Crippen molar-refractivity contribution >= 4 is 5.97 Å². The van der Waals surface area contributed by atoms with Crippen molar-refractivity contribution in [3.05, 3.63) is 0 Å². The molecule has 2 atom stereocenters. The molecule has 1 saturated carbocycles. The number of hydrogen-bond donors (Lipinski definition) is 2. The Morgan fingerprint density at radius 1 is 1.57 bits per heavy atom. The Morgan fingerprint density at radius 2 is 2.29 bits per heavy atom. The lowest BCUT2D eigenvalue weighted by Crippen LogP contribution is -2.51. The molecule has 2 unspecified atom stereocenters. The van der Waals surface area contributed by atoms with E-state index in [-0.39, 0.29) is 11.5 Å². The summed E-state index contributed by atoms with van der Waals surface area (Å²) >= 11 is 0. The maximum Gasteiger partial charge on any atom is 0.320 e. The Hall–Kier alpha value is -0.610. The maximum atomic E-state index is 10.8. The predicted octanol–water partition coefficient (Wildman–Crippen LogP) is 0.748. The lowest BCUT2D eigenvalue weighted by Gasteiger charge is -2.47. The molecule has 1 aliphatic heterocycles. The van der Waals surface area contributed by atoms with E-state index >= 15 is 0 Å². The molecule has 1 spiro atoms. The minimum Gasteiger partial charge on any atom is -0.480 e. The first-order valence-corrected chi connectivity index (χ1v) is 5.25. The summed E-state index contributed by atoms with van der Waals surface area (Å²) in [5.74, 6) is -0.784. The van der Waals surface area contributed by atoms with Gasteiger partial charge in [-0.2, -0.15) is 0 Å². The Labute approximate surface area is 83.4 Å². The van der Waals surface area contributed by atoms with Crippen LogP contribution in [0.4, 0.5) is 0 Å². The monoisotopic (exact) mass is 199 g/mol. The number of carbonyl (C=O) groups is 1. The van der Waals surface area contributed by atoms with E-state index in [2.05, 4.69) is 0 Å². The van der Waals surface area contributed by atoms with Gasteiger partial charge in [-0.15, -0.1) is 0 Å². The summed E-state index contributed by atoms with van der Waals surface area (Å²) in [4.78, 5) is 10.8. The van der Waals surface area contributed by atoms with Crippen molar-refractivity contribution in [1.29, 1.82) is 0 Å². The molecule has 1 aliphatic carbocycles. The summed E-state index contributed by atoms with van der Waals surface area (Å²) < 4.78 is 5.71. The summed E-state index contributed by atoms with van der Waals surface area (Å²) in [6, 6.07) is -0.712. The zero-order chi connectivity index (χ0) is 10.2. The fraction of sp³-hybridized carbons (Fsp3) is 0.900. The molecule has 0 radical (unpaired) electrons. The molecule has 1 heterocycles. The number of carboxylic acid groups (broad SMARTS) is 1. The van der Waals surface area contributed by atoms with Crippen molar-refractivity contribution in [2.75, 3.05) is 6.61 Å². The van der Waals surface area contributed by atoms with Crippen molar-refractivity contribution in [2.45, 2.75) is 43.7 Å². The standard InChI is InChI=1S/C10H17NO3/c11-8(9(12)13)7-2-5-14-10(6-7)3-1-4-10/h7-8H,1-6,11H2,(H,12,13). The first-order chi connectivity index (χ1) is 6.63. The highest BCUT2D eigenvalue weighted by molar-refractivity contribution is 5.73. The quantitative estimate of drug-likeness (QED) is 0.688. The minimum atomic E-state index is -0.883. The van der Waals surface area contributed by atoms with Crippen molar-refractivity contribution in [3.8, 4) is 0 Å². The van der Waals surface area contributed by atoms with Gasteiger partial charge in [-0.3, -0.25) is 4.79 Å². The molecular weight excluding hydrogens is 182 g/mol. The van der Waals surface area contributed by atoms with Crippen molar-refractivity contribution in [2.24, 2.45) is 11.7 Å². The van der Waals surface area contributed by atoms with E-state index in [0.717, 1.165) is 25.7 Å². The lowest BCUT2D eigenvalue weighted by molar-refractivity contribution is -0.156. The second kappa shape index (κ2) is 3.51. The van der Waals surface area contributed by atoms with Gasteiger partial charge in [0.05, 0.1) is 5.60 Å². The van der Waals surface area contributed by atoms with Crippen LogP contribution in [0.2, 0.25) is 0 Å². The number of ether oxygens (including phenoxy) is 1. The van der Waals surface area contributed by atoms with Crippen LogP contribution in [0, 0.1) is 5.92 Å². The third-order valence-corrected chi connectivity index (χ3v) is 3.59. The van der Waals surface area contributed by atoms with Gasteiger partial charge in [-0.1, -0.05) is 0 Å². The largest absolute Gasteiger partial charge is 0.480 e. The van der Waals surface area contributed by atoms with Crippen molar-refractivity contribution in [1.82, 2.24) is 0 Å². The summed E-state index contributed by atoms with van der Waals surface area (Å²) in [5.41, 5.74) is 5.63. The Kier molecular flexibility index (Phi) is 2.49. The van der Waals surface area contributed by atoms with Gasteiger partial charge in [0.1, 0.15) is 6.04 Å². The molecule has 1 saturated heterocycles. The SMILES string of the molecule is NC(C(=O)O)C1CCOC2(CCC2)C1. The molecule has 0 aromatic carbocycles. The van der Waals surface area contributed by atoms with Gasteiger partial charge in [0.25, 0.3) is 0 Å². The molecule has 0 amide bonds. The molecule has 4 nitrogen and oxygen atoms in total. The molecule has 2 fully saturated rings. The fourth-order valence-electron chi connectivity index (χ4n) is 2.49. The fourth-order valence-corrected chi connectivity index (χ4v) is 2.49. The number of hydrogen-bond acceptors (Lipinski definition) is 3. The zero-order valence-electron chi connectivity index (χ0n) is 8.24. The number of rotatable bonds is 2. The van der Waals surface area contributed by atoms with Gasteiger partial charge in [-0.05, 0) is 38.0 Å². The molecule has 0 aromatic rings. The van der Waals surface area contributed by atoms with E-state index in [9.17, 15) is 4.79 Å². The van der Waals surface area contributed by atoms with Gasteiger partial charge >= 0.3 is 5.97 Å². The number of nitrogens with two attached hydrogens (primary N) is 1. The molecule has 0 aromatic heterocycles. The highest BCUT2D eigenvalue weighted by Crippen LogP contribution is 2.44. The van der Waals surface area contributed by atoms with E-state index in [1.54, 1.807) is 0 Å². The first kappa shape index (κ1) is 9.93. The Bertz CT molecular complexity index is 238. The van der Waals surface area contributed by atoms with Crippen LogP contribution in [0.15, 0.2) is 0 Å². The van der Waals surface area contributed by atoms with Crippen LogP contribution in [0.1, 0.15) is 32.1 Å². The topological polar surface area (TPSA) is 72.6 Å². The molecule has 80 valence electrons. The number of aliphatic carboxylic acids is 1. The van der Waals surface area contributed by atoms with Gasteiger partial charge in [0.15, 0.2) is 0 Å². The van der Waals surface area contributed by atoms with Crippen molar-refractivity contribution in [3.63, 3.8) is 0 Å². The van der Waals surface area contributed by atoms with E-state index in [1.807, 2.05) is 0 Å². The molecule has 3 N–H and O–H groups in total. The Balaban J connectivity index is 1.96. The lowest BCUT2D eigenvalue weighted by atomic mass is 9.70. The van der Waals surface area contributed by atoms with E-state index < -0.39 is 12.0 Å². The minimum absolute atomic E-state index is 0.00398. The zero-order valence-corrected chi connectivity index (χ0v) is 8.24. The average molecular weight is 199 g/mol. The second-order valence-corrected chi connectivity index (χ2v) is 4.50. The van der Waals surface area contributed by atoms with Crippen LogP contribution in [-0.2, 0) is 9.53 Å². The van der Waals surface area contributed by atoms with Crippen molar-refractivity contribution < 1.29 is 14.6 Å². The smallest absolute Gasteiger partial charge is 0.320 e. The van der Waals surface area contributed by atoms with E-state index in [0.29, 0.717) is 6.61 Å². The van der Waals surface area contributed by atoms with Gasteiger partial charge in [0.2, 0.25) is 0 Å². The van der Waals surface area contributed by atoms with Crippen LogP contribution in [0.3, 0.4) is 0 Å². The summed E-state index contributed by atoms with van der Waals surface area (Å²) in [7, 11) is 0. The highest BCUT2D eigenvalue weighted by Gasteiger charge is 2.44. The normalized spacial score (nSPS) is 32.2. The van der Waals surface area contributed by atoms with E-state index in [1.165, 1.54) is 6.42 Å². The molecule has 14 heavy (non-hydrogen) atoms. The molecule has 2 aliphatic rings. The predicted molar refractivity (Wildman–Crippen MR) is 50.9 cm³/mol. The second-order valence-electron chi connectivity index (χ2n) is 4.50. The average Bonchev–Trinajstić information content (AvgIpc) is 2.14. The van der Waals surface area contributed by atoms with Crippen LogP contribution in [0.5, 0.6) is 0 Å². The highest BCUT2D eigenvalue weighted by atomic mass is 16.5. The summed E-state index contributed by atoms with van der Waals surface area (Å²) in [6.07, 6.45) is 4.98. The maximum absolute atomic E-state index is 10.8. The summed E-state index contributed by atoms with van der Waals surface area (Å²) in [6.45, 7) is 0.672. The number of carboxylic acids is 1. The third-order valence-electron chi connectivity index (χ3n) is 3.59. The molecule has 0 bridgehead atoms. The van der Waals surface area contributed by atoms with Gasteiger partial charge in [0, 0.05) is 6.61 Å². The summed E-state index contributed by atoms with van der Waals surface area (Å²) in [5, 5.41) is 8.83. The van der Waals surface area contributed by atoms with Crippen LogP contribution >= 0.6 is 0 Å². The van der Waals surface area contributed by atoms with Crippen LogP contribution < -0.4 is 5.73 Å². The van der Waals surface area contributed by atoms with Gasteiger partial charge in [-0.25, -0.2) is 0 Å². The molecule has 4 heteroatoms. The first-order valence-electron chi connectivity index (χ1n) is 5.25. The molecule has 2 rings (SSSR count). The van der Waals surface area contributed by atoms with Gasteiger partial charge < -0.3 is 15.6 Å². The molecular formula is C10H17NO3. The third kappa shape index (κ3) is 1.64. The van der Waals surface area contributed by atoms with E-state index in [4.69, 9.17) is 15.6 Å². The van der Waals surface area contributed by atoms with Crippen LogP contribution in [0.25, 0.3) is 0 Å².